The van der Waals surface area contributed by atoms with Gasteiger partial charge < -0.3 is 21.1 Å². The molecule has 0 aromatic heterocycles. The van der Waals surface area contributed by atoms with Crippen LogP contribution >= 0.6 is 24.0 Å². The quantitative estimate of drug-likeness (QED) is 0.201. The number of phenols is 1. The number of guanidine groups is 1. The van der Waals surface area contributed by atoms with Gasteiger partial charge in [0.2, 0.25) is 5.91 Å². The van der Waals surface area contributed by atoms with Gasteiger partial charge in [0.15, 0.2) is 5.96 Å². The van der Waals surface area contributed by atoms with Crippen LogP contribution in [0.5, 0.6) is 5.75 Å². The number of aromatic hydroxyl groups is 1. The smallest absolute Gasteiger partial charge is 0.223 e. The highest BCUT2D eigenvalue weighted by molar-refractivity contribution is 14.0. The van der Waals surface area contributed by atoms with Crippen molar-refractivity contribution < 1.29 is 9.90 Å². The first-order valence-electron chi connectivity index (χ1n) is 10.2. The Morgan fingerprint density at radius 1 is 1.11 bits per heavy atom. The zero-order valence-electron chi connectivity index (χ0n) is 16.6. The number of amides is 1. The zero-order valence-corrected chi connectivity index (χ0v) is 18.9. The van der Waals surface area contributed by atoms with Gasteiger partial charge in [-0.3, -0.25) is 9.79 Å². The van der Waals surface area contributed by atoms with Crippen LogP contribution < -0.4 is 16.0 Å². The molecule has 2 saturated carbocycles. The molecule has 0 saturated heterocycles. The average Bonchev–Trinajstić information content (AvgIpc) is 3.50. The molecular formula is C21H33IN4O2. The van der Waals surface area contributed by atoms with E-state index in [0.29, 0.717) is 17.8 Å². The maximum Gasteiger partial charge on any atom is 0.223 e. The summed E-state index contributed by atoms with van der Waals surface area (Å²) in [5, 5.41) is 19.3. The number of carbonyl (C=O) groups is 1. The van der Waals surface area contributed by atoms with E-state index in [0.717, 1.165) is 63.9 Å². The highest BCUT2D eigenvalue weighted by Crippen LogP contribution is 2.26. The van der Waals surface area contributed by atoms with Crippen molar-refractivity contribution in [3.8, 4) is 5.75 Å². The number of halogens is 1. The summed E-state index contributed by atoms with van der Waals surface area (Å²) >= 11 is 0. The van der Waals surface area contributed by atoms with Crippen LogP contribution in [-0.4, -0.2) is 42.6 Å². The fourth-order valence-corrected chi connectivity index (χ4v) is 3.66. The second-order valence-electron chi connectivity index (χ2n) is 7.76. The molecule has 2 fully saturated rings. The molecule has 6 nitrogen and oxygen atoms in total. The van der Waals surface area contributed by atoms with Crippen molar-refractivity contribution in [2.45, 2.75) is 63.5 Å². The van der Waals surface area contributed by atoms with E-state index in [1.807, 2.05) is 12.1 Å². The van der Waals surface area contributed by atoms with E-state index in [2.05, 4.69) is 20.9 Å². The first kappa shape index (κ1) is 22.8. The molecule has 0 bridgehead atoms. The predicted octanol–water partition coefficient (Wildman–Crippen LogP) is 2.95. The standard InChI is InChI=1S/C21H32N4O2.HI/c1-22-21(23-13-3-4-15-7-11-19(26)12-8-15)25-18-6-2-5-16(14-18)20(27)24-17-9-10-17;/h7-8,11-12,16-18,26H,2-6,9-10,13-14H2,1H3,(H,24,27)(H2,22,23,25);1H. The number of rotatable bonds is 7. The molecule has 7 heteroatoms. The molecule has 0 spiro atoms. The predicted molar refractivity (Wildman–Crippen MR) is 123 cm³/mol. The van der Waals surface area contributed by atoms with Gasteiger partial charge >= 0.3 is 0 Å². The first-order valence-corrected chi connectivity index (χ1v) is 10.2. The summed E-state index contributed by atoms with van der Waals surface area (Å²) < 4.78 is 0. The van der Waals surface area contributed by atoms with Gasteiger partial charge in [0.1, 0.15) is 5.75 Å². The number of hydrogen-bond acceptors (Lipinski definition) is 3. The molecule has 28 heavy (non-hydrogen) atoms. The summed E-state index contributed by atoms with van der Waals surface area (Å²) in [6.07, 6.45) is 8.27. The molecule has 156 valence electrons. The summed E-state index contributed by atoms with van der Waals surface area (Å²) in [6.45, 7) is 0.832. The van der Waals surface area contributed by atoms with Gasteiger partial charge in [0.25, 0.3) is 0 Å². The van der Waals surface area contributed by atoms with E-state index in [-0.39, 0.29) is 35.8 Å². The van der Waals surface area contributed by atoms with Gasteiger partial charge in [-0.2, -0.15) is 0 Å². The van der Waals surface area contributed by atoms with Gasteiger partial charge in [-0.15, -0.1) is 24.0 Å². The Labute approximate surface area is 185 Å². The van der Waals surface area contributed by atoms with Crippen molar-refractivity contribution in [1.29, 1.82) is 0 Å². The number of phenolic OH excluding ortho intramolecular Hbond substituents is 1. The van der Waals surface area contributed by atoms with Crippen LogP contribution in [0.2, 0.25) is 0 Å². The van der Waals surface area contributed by atoms with E-state index in [9.17, 15) is 9.90 Å². The monoisotopic (exact) mass is 500 g/mol. The lowest BCUT2D eigenvalue weighted by Crippen LogP contribution is -2.47. The molecule has 4 N–H and O–H groups in total. The summed E-state index contributed by atoms with van der Waals surface area (Å²) in [5.41, 5.74) is 1.22. The third-order valence-electron chi connectivity index (χ3n) is 5.40. The maximum atomic E-state index is 12.3. The molecule has 1 aromatic carbocycles. The lowest BCUT2D eigenvalue weighted by Gasteiger charge is -2.30. The summed E-state index contributed by atoms with van der Waals surface area (Å²) in [4.78, 5) is 16.6. The average molecular weight is 500 g/mol. The minimum atomic E-state index is 0. The highest BCUT2D eigenvalue weighted by Gasteiger charge is 2.31. The Balaban J connectivity index is 0.00000280. The molecule has 2 atom stereocenters. The second kappa shape index (κ2) is 11.5. The third kappa shape index (κ3) is 7.48. The lowest BCUT2D eigenvalue weighted by atomic mass is 9.85. The van der Waals surface area contributed by atoms with Gasteiger partial charge in [-0.25, -0.2) is 0 Å². The van der Waals surface area contributed by atoms with Crippen LogP contribution in [0.25, 0.3) is 0 Å². The van der Waals surface area contributed by atoms with E-state index < -0.39 is 0 Å². The Bertz CT molecular complexity index is 646. The van der Waals surface area contributed by atoms with Crippen molar-refractivity contribution >= 4 is 35.8 Å². The number of carbonyl (C=O) groups excluding carboxylic acids is 1. The van der Waals surface area contributed by atoms with Crippen molar-refractivity contribution in [1.82, 2.24) is 16.0 Å². The van der Waals surface area contributed by atoms with Crippen LogP contribution in [0.4, 0.5) is 0 Å². The van der Waals surface area contributed by atoms with E-state index in [1.165, 1.54) is 5.56 Å². The Kier molecular flexibility index (Phi) is 9.34. The Hall–Kier alpha value is -1.51. The molecular weight excluding hydrogens is 467 g/mol. The number of aryl methyl sites for hydroxylation is 1. The summed E-state index contributed by atoms with van der Waals surface area (Å²) in [6, 6.07) is 8.10. The number of nitrogens with one attached hydrogen (secondary N) is 3. The summed E-state index contributed by atoms with van der Waals surface area (Å²) in [5.74, 6) is 1.48. The molecule has 2 aliphatic rings. The normalized spacial score (nSPS) is 22.1. The fraction of sp³-hybridized carbons (Fsp3) is 0.619. The van der Waals surface area contributed by atoms with Crippen molar-refractivity contribution in [3.63, 3.8) is 0 Å². The Morgan fingerprint density at radius 2 is 1.86 bits per heavy atom. The lowest BCUT2D eigenvalue weighted by molar-refractivity contribution is -0.126. The van der Waals surface area contributed by atoms with Crippen LogP contribution in [0.15, 0.2) is 29.3 Å². The molecule has 0 radical (unpaired) electrons. The van der Waals surface area contributed by atoms with Crippen LogP contribution in [-0.2, 0) is 11.2 Å². The van der Waals surface area contributed by atoms with Crippen molar-refractivity contribution in [3.05, 3.63) is 29.8 Å². The number of hydrogen-bond donors (Lipinski definition) is 4. The van der Waals surface area contributed by atoms with Crippen molar-refractivity contribution in [2.75, 3.05) is 13.6 Å². The molecule has 1 aromatic rings. The van der Waals surface area contributed by atoms with Crippen LogP contribution in [0.1, 0.15) is 50.5 Å². The van der Waals surface area contributed by atoms with Crippen molar-refractivity contribution in [2.24, 2.45) is 10.9 Å². The largest absolute Gasteiger partial charge is 0.508 e. The first-order chi connectivity index (χ1) is 13.1. The van der Waals surface area contributed by atoms with Gasteiger partial charge in [0.05, 0.1) is 0 Å². The van der Waals surface area contributed by atoms with E-state index in [4.69, 9.17) is 0 Å². The Morgan fingerprint density at radius 3 is 2.54 bits per heavy atom. The number of nitrogens with zero attached hydrogens (tertiary/aromatic N) is 1. The number of benzene rings is 1. The molecule has 1 amide bonds. The second-order valence-corrected chi connectivity index (χ2v) is 7.76. The molecule has 2 unspecified atom stereocenters. The maximum absolute atomic E-state index is 12.3. The summed E-state index contributed by atoms with van der Waals surface area (Å²) in [7, 11) is 1.79. The van der Waals surface area contributed by atoms with E-state index in [1.54, 1.807) is 19.2 Å². The third-order valence-corrected chi connectivity index (χ3v) is 5.40. The zero-order chi connectivity index (χ0) is 19.1. The molecule has 0 heterocycles. The van der Waals surface area contributed by atoms with Gasteiger partial charge in [-0.1, -0.05) is 18.6 Å². The van der Waals surface area contributed by atoms with E-state index >= 15 is 0 Å². The van der Waals surface area contributed by atoms with Gasteiger partial charge in [-0.05, 0) is 62.6 Å². The fourth-order valence-electron chi connectivity index (χ4n) is 3.66. The highest BCUT2D eigenvalue weighted by atomic mass is 127. The SMILES string of the molecule is CN=C(NCCCc1ccc(O)cc1)NC1CCCC(C(=O)NC2CC2)C1.I. The number of aliphatic imine (C=N–C) groups is 1. The van der Waals surface area contributed by atoms with Crippen LogP contribution in [0, 0.1) is 5.92 Å². The van der Waals surface area contributed by atoms with Crippen LogP contribution in [0.3, 0.4) is 0 Å². The topological polar surface area (TPSA) is 85.8 Å². The minimum absolute atomic E-state index is 0. The molecule has 0 aliphatic heterocycles. The molecule has 3 rings (SSSR count). The molecule has 2 aliphatic carbocycles. The van der Waals surface area contributed by atoms with Gasteiger partial charge in [0, 0.05) is 31.6 Å². The minimum Gasteiger partial charge on any atom is -0.508 e.